The summed E-state index contributed by atoms with van der Waals surface area (Å²) in [6, 6.07) is 10.9. The van der Waals surface area contributed by atoms with Gasteiger partial charge in [-0.2, -0.15) is 0 Å². The van der Waals surface area contributed by atoms with Crippen LogP contribution in [-0.2, 0) is 0 Å². The first-order valence-electron chi connectivity index (χ1n) is 7.88. The number of nitrogens with one attached hydrogen (secondary N) is 1. The molecule has 0 aliphatic carbocycles. The second-order valence-corrected chi connectivity index (χ2v) is 7.07. The molecule has 140 valence electrons. The number of aromatic nitrogens is 1. The monoisotopic (exact) mass is 448 g/mol. The van der Waals surface area contributed by atoms with Crippen molar-refractivity contribution in [2.75, 3.05) is 26.6 Å². The maximum Gasteiger partial charge on any atom is 0.257 e. The Morgan fingerprint density at radius 1 is 1.04 bits per heavy atom. The highest BCUT2D eigenvalue weighted by molar-refractivity contribution is 9.10. The fourth-order valence-corrected chi connectivity index (χ4v) is 3.66. The largest absolute Gasteiger partial charge is 0.497 e. The van der Waals surface area contributed by atoms with Gasteiger partial charge >= 0.3 is 0 Å². The summed E-state index contributed by atoms with van der Waals surface area (Å²) in [4.78, 5) is 17.1. The highest BCUT2D eigenvalue weighted by atomic mass is 79.9. The molecule has 0 atom stereocenters. The number of hydrogen-bond acceptors (Lipinski definition) is 6. The van der Waals surface area contributed by atoms with E-state index in [-0.39, 0.29) is 5.91 Å². The van der Waals surface area contributed by atoms with Crippen LogP contribution >= 0.6 is 27.3 Å². The van der Waals surface area contributed by atoms with Gasteiger partial charge in [0, 0.05) is 16.5 Å². The van der Waals surface area contributed by atoms with E-state index >= 15 is 0 Å². The predicted octanol–water partition coefficient (Wildman–Crippen LogP) is 4.85. The van der Waals surface area contributed by atoms with Crippen LogP contribution < -0.4 is 19.5 Å². The standard InChI is InChI=1S/C19H17BrN2O4S/c1-24-13-6-4-11(5-7-13)14-10-27-19(21-14)22-18(23)12-8-15(25-2)17(20)16(9-12)26-3/h4-10H,1-3H3,(H,21,22,23). The first-order valence-corrected chi connectivity index (χ1v) is 9.55. The number of rotatable bonds is 6. The van der Waals surface area contributed by atoms with Gasteiger partial charge in [-0.1, -0.05) is 0 Å². The van der Waals surface area contributed by atoms with Gasteiger partial charge in [-0.15, -0.1) is 11.3 Å². The van der Waals surface area contributed by atoms with Gasteiger partial charge < -0.3 is 14.2 Å². The van der Waals surface area contributed by atoms with E-state index in [1.54, 1.807) is 19.2 Å². The zero-order valence-electron chi connectivity index (χ0n) is 14.9. The van der Waals surface area contributed by atoms with Gasteiger partial charge in [0.15, 0.2) is 5.13 Å². The molecule has 0 saturated heterocycles. The van der Waals surface area contributed by atoms with Crippen LogP contribution in [0.2, 0.25) is 0 Å². The molecule has 0 aliphatic heterocycles. The number of carbonyl (C=O) groups is 1. The van der Waals surface area contributed by atoms with Crippen LogP contribution in [0.3, 0.4) is 0 Å². The molecule has 0 aliphatic rings. The number of benzene rings is 2. The number of thiazole rings is 1. The summed E-state index contributed by atoms with van der Waals surface area (Å²) >= 11 is 4.74. The summed E-state index contributed by atoms with van der Waals surface area (Å²) in [5.41, 5.74) is 2.14. The van der Waals surface area contributed by atoms with Crippen LogP contribution in [0.15, 0.2) is 46.3 Å². The number of methoxy groups -OCH3 is 3. The Balaban J connectivity index is 1.79. The summed E-state index contributed by atoms with van der Waals surface area (Å²) < 4.78 is 16.4. The first kappa shape index (κ1) is 19.2. The lowest BCUT2D eigenvalue weighted by Gasteiger charge is -2.11. The van der Waals surface area contributed by atoms with E-state index in [0.29, 0.717) is 26.7 Å². The molecular formula is C19H17BrN2O4S. The van der Waals surface area contributed by atoms with E-state index in [4.69, 9.17) is 14.2 Å². The molecular weight excluding hydrogens is 432 g/mol. The Morgan fingerprint density at radius 2 is 1.67 bits per heavy atom. The molecule has 1 heterocycles. The maximum atomic E-state index is 12.6. The van der Waals surface area contributed by atoms with Crippen molar-refractivity contribution in [2.24, 2.45) is 0 Å². The summed E-state index contributed by atoms with van der Waals surface area (Å²) in [6.45, 7) is 0. The molecule has 1 aromatic heterocycles. The SMILES string of the molecule is COc1ccc(-c2csc(NC(=O)c3cc(OC)c(Br)c(OC)c3)n2)cc1. The fourth-order valence-electron chi connectivity index (χ4n) is 2.40. The molecule has 3 rings (SSSR count). The number of hydrogen-bond donors (Lipinski definition) is 1. The minimum atomic E-state index is -0.297. The zero-order valence-corrected chi connectivity index (χ0v) is 17.3. The van der Waals surface area contributed by atoms with Crippen molar-refractivity contribution < 1.29 is 19.0 Å². The normalized spacial score (nSPS) is 10.4. The summed E-state index contributed by atoms with van der Waals surface area (Å²) in [5.74, 6) is 1.51. The van der Waals surface area contributed by atoms with Gasteiger partial charge in [-0.25, -0.2) is 4.98 Å². The molecule has 0 fully saturated rings. The second kappa shape index (κ2) is 8.41. The number of ether oxygens (including phenoxy) is 3. The molecule has 0 unspecified atom stereocenters. The van der Waals surface area contributed by atoms with Gasteiger partial charge in [0.05, 0.1) is 27.0 Å². The average molecular weight is 449 g/mol. The molecule has 1 amide bonds. The van der Waals surface area contributed by atoms with E-state index in [1.165, 1.54) is 25.6 Å². The molecule has 0 bridgehead atoms. The molecule has 0 radical (unpaired) electrons. The number of nitrogens with zero attached hydrogens (tertiary/aromatic N) is 1. The molecule has 8 heteroatoms. The van der Waals surface area contributed by atoms with Crippen LogP contribution in [0.5, 0.6) is 17.2 Å². The van der Waals surface area contributed by atoms with E-state index < -0.39 is 0 Å². The van der Waals surface area contributed by atoms with Crippen molar-refractivity contribution in [3.8, 4) is 28.5 Å². The number of halogens is 1. The van der Waals surface area contributed by atoms with Gasteiger partial charge in [-0.05, 0) is 52.3 Å². The molecule has 1 N–H and O–H groups in total. The van der Waals surface area contributed by atoms with E-state index in [9.17, 15) is 4.79 Å². The topological polar surface area (TPSA) is 69.7 Å². The van der Waals surface area contributed by atoms with Crippen LogP contribution in [0.25, 0.3) is 11.3 Å². The third-order valence-electron chi connectivity index (χ3n) is 3.82. The minimum absolute atomic E-state index is 0.297. The van der Waals surface area contributed by atoms with Gasteiger partial charge in [0.25, 0.3) is 5.91 Å². The highest BCUT2D eigenvalue weighted by Gasteiger charge is 2.16. The Hall–Kier alpha value is -2.58. The minimum Gasteiger partial charge on any atom is -0.497 e. The summed E-state index contributed by atoms with van der Waals surface area (Å²) in [7, 11) is 4.68. The van der Waals surface area contributed by atoms with Crippen molar-refractivity contribution in [3.63, 3.8) is 0 Å². The van der Waals surface area contributed by atoms with Crippen LogP contribution in [0, 0.1) is 0 Å². The maximum absolute atomic E-state index is 12.6. The summed E-state index contributed by atoms with van der Waals surface area (Å²) in [6.07, 6.45) is 0. The number of anilines is 1. The molecule has 6 nitrogen and oxygen atoms in total. The highest BCUT2D eigenvalue weighted by Crippen LogP contribution is 2.36. The van der Waals surface area contributed by atoms with Crippen LogP contribution in [0.4, 0.5) is 5.13 Å². The van der Waals surface area contributed by atoms with Gasteiger partial charge in [-0.3, -0.25) is 10.1 Å². The Labute approximate surface area is 169 Å². The number of carbonyl (C=O) groups excluding carboxylic acids is 1. The quantitative estimate of drug-likeness (QED) is 0.583. The Kier molecular flexibility index (Phi) is 5.98. The molecule has 2 aromatic carbocycles. The van der Waals surface area contributed by atoms with E-state index in [1.807, 2.05) is 29.6 Å². The van der Waals surface area contributed by atoms with Crippen molar-refractivity contribution in [2.45, 2.75) is 0 Å². The average Bonchev–Trinajstić information content (AvgIpc) is 3.16. The fraction of sp³-hybridized carbons (Fsp3) is 0.158. The van der Waals surface area contributed by atoms with Gasteiger partial charge in [0.2, 0.25) is 0 Å². The third-order valence-corrected chi connectivity index (χ3v) is 5.36. The third kappa shape index (κ3) is 4.23. The Morgan fingerprint density at radius 3 is 2.22 bits per heavy atom. The van der Waals surface area contributed by atoms with E-state index in [2.05, 4.69) is 26.2 Å². The van der Waals surface area contributed by atoms with Crippen molar-refractivity contribution in [1.29, 1.82) is 0 Å². The predicted molar refractivity (Wildman–Crippen MR) is 109 cm³/mol. The lowest BCUT2D eigenvalue weighted by Crippen LogP contribution is -2.12. The van der Waals surface area contributed by atoms with Crippen molar-refractivity contribution >= 4 is 38.3 Å². The molecule has 3 aromatic rings. The molecule has 27 heavy (non-hydrogen) atoms. The zero-order chi connectivity index (χ0) is 19.4. The van der Waals surface area contributed by atoms with Crippen molar-refractivity contribution in [3.05, 3.63) is 51.8 Å². The van der Waals surface area contributed by atoms with Crippen LogP contribution in [-0.4, -0.2) is 32.2 Å². The first-order chi connectivity index (χ1) is 13.0. The summed E-state index contributed by atoms with van der Waals surface area (Å²) in [5, 5.41) is 5.21. The molecule has 0 spiro atoms. The van der Waals surface area contributed by atoms with Crippen LogP contribution in [0.1, 0.15) is 10.4 Å². The second-order valence-electron chi connectivity index (χ2n) is 5.42. The van der Waals surface area contributed by atoms with Gasteiger partial charge in [0.1, 0.15) is 21.7 Å². The van der Waals surface area contributed by atoms with Crippen molar-refractivity contribution in [1.82, 2.24) is 4.98 Å². The van der Waals surface area contributed by atoms with E-state index in [0.717, 1.165) is 17.0 Å². The number of amides is 1. The lowest BCUT2D eigenvalue weighted by atomic mass is 10.2. The lowest BCUT2D eigenvalue weighted by molar-refractivity contribution is 0.102. The Bertz CT molecular complexity index is 932. The molecule has 0 saturated carbocycles. The smallest absolute Gasteiger partial charge is 0.257 e.